The van der Waals surface area contributed by atoms with Crippen molar-refractivity contribution in [1.82, 2.24) is 10.0 Å². The fourth-order valence-electron chi connectivity index (χ4n) is 4.25. The molecule has 3 aromatic carbocycles. The summed E-state index contributed by atoms with van der Waals surface area (Å²) in [5.41, 5.74) is 0.756. The van der Waals surface area contributed by atoms with Gasteiger partial charge in [-0.2, -0.15) is 4.72 Å². The summed E-state index contributed by atoms with van der Waals surface area (Å²) in [6, 6.07) is 22.9. The van der Waals surface area contributed by atoms with E-state index in [9.17, 15) is 23.3 Å². The van der Waals surface area contributed by atoms with Gasteiger partial charge in [0.1, 0.15) is 17.5 Å². The molecule has 0 aliphatic heterocycles. The highest BCUT2D eigenvalue weighted by molar-refractivity contribution is 7.89. The van der Waals surface area contributed by atoms with Gasteiger partial charge in [-0.25, -0.2) is 8.42 Å². The summed E-state index contributed by atoms with van der Waals surface area (Å²) in [6.07, 6.45) is 3.54. The van der Waals surface area contributed by atoms with Gasteiger partial charge in [0.2, 0.25) is 15.9 Å². The quantitative estimate of drug-likeness (QED) is 0.271. The van der Waals surface area contributed by atoms with Crippen molar-refractivity contribution in [3.05, 3.63) is 90.5 Å². The van der Waals surface area contributed by atoms with Crippen LogP contribution in [0.2, 0.25) is 0 Å². The molecule has 0 aromatic heterocycles. The Balaban J connectivity index is 1.53. The van der Waals surface area contributed by atoms with Crippen LogP contribution in [0.1, 0.15) is 31.2 Å². The van der Waals surface area contributed by atoms with Crippen LogP contribution in [0.25, 0.3) is 0 Å². The molecule has 0 bridgehead atoms. The minimum absolute atomic E-state index is 0.0556. The number of para-hydroxylation sites is 1. The number of ether oxygens (including phenoxy) is 1. The van der Waals surface area contributed by atoms with Gasteiger partial charge in [-0.05, 0) is 48.6 Å². The zero-order chi connectivity index (χ0) is 26.3. The highest BCUT2D eigenvalue weighted by Gasteiger charge is 2.34. The first kappa shape index (κ1) is 26.9. The maximum Gasteiger partial charge on any atom is 0.475 e. The fraction of sp³-hybridized carbons (Fsp3) is 0.296. The molecule has 37 heavy (non-hydrogen) atoms. The highest BCUT2D eigenvalue weighted by Crippen LogP contribution is 2.30. The monoisotopic (exact) mass is 522 g/mol. The molecule has 4 rings (SSSR count). The van der Waals surface area contributed by atoms with E-state index in [4.69, 9.17) is 4.74 Å². The third-order valence-corrected chi connectivity index (χ3v) is 7.96. The van der Waals surface area contributed by atoms with Crippen LogP contribution in [-0.2, 0) is 21.2 Å². The van der Waals surface area contributed by atoms with Crippen LogP contribution in [0.5, 0.6) is 11.5 Å². The smallest absolute Gasteiger partial charge is 0.457 e. The molecule has 0 saturated heterocycles. The van der Waals surface area contributed by atoms with Crippen molar-refractivity contribution >= 4 is 23.0 Å². The van der Waals surface area contributed by atoms with E-state index in [0.29, 0.717) is 23.8 Å². The normalized spacial score (nSPS) is 15.3. The topological polar surface area (TPSA) is 125 Å². The second kappa shape index (κ2) is 12.4. The minimum atomic E-state index is -4.13. The standard InChI is InChI=1S/C27H31BN2O6S/c31-27(29-26(28(32)33)18-21-11-7-12-21)25(17-20-9-3-1-4-10-20)30-37(34,35)24-16-8-15-23(19-24)36-22-13-5-2-6-14-22/h1-6,8-10,13-16,19,21,25-26,30,32-33H,7,11-12,17-18H2,(H,29,31)/t25-,26-/m0/s1. The lowest BCUT2D eigenvalue weighted by Gasteiger charge is -2.30. The lowest BCUT2D eigenvalue weighted by atomic mass is 9.69. The molecule has 1 aliphatic rings. The SMILES string of the molecule is O=C(N[C@@H](CC1CCC1)B(O)O)[C@H](Cc1ccccc1)NS(=O)(=O)c1cccc(Oc2ccccc2)c1. The molecule has 8 nitrogen and oxygen atoms in total. The van der Waals surface area contributed by atoms with Crippen LogP contribution < -0.4 is 14.8 Å². The van der Waals surface area contributed by atoms with Gasteiger partial charge in [0, 0.05) is 6.07 Å². The molecule has 1 fully saturated rings. The Bertz CT molecular complexity index is 1270. The van der Waals surface area contributed by atoms with Crippen molar-refractivity contribution in [1.29, 1.82) is 0 Å². The third kappa shape index (κ3) is 7.66. The van der Waals surface area contributed by atoms with Gasteiger partial charge in [-0.15, -0.1) is 0 Å². The molecule has 10 heteroatoms. The maximum atomic E-state index is 13.3. The van der Waals surface area contributed by atoms with Gasteiger partial charge >= 0.3 is 7.12 Å². The van der Waals surface area contributed by atoms with E-state index >= 15 is 0 Å². The number of hydrogen-bond acceptors (Lipinski definition) is 6. The van der Waals surface area contributed by atoms with Crippen molar-refractivity contribution in [3.63, 3.8) is 0 Å². The summed E-state index contributed by atoms with van der Waals surface area (Å²) in [7, 11) is -5.87. The van der Waals surface area contributed by atoms with E-state index < -0.39 is 35.0 Å². The highest BCUT2D eigenvalue weighted by atomic mass is 32.2. The summed E-state index contributed by atoms with van der Waals surface area (Å²) >= 11 is 0. The van der Waals surface area contributed by atoms with E-state index in [0.717, 1.165) is 24.8 Å². The average Bonchev–Trinajstić information content (AvgIpc) is 2.86. The zero-order valence-electron chi connectivity index (χ0n) is 20.4. The van der Waals surface area contributed by atoms with Gasteiger partial charge in [-0.3, -0.25) is 4.79 Å². The Kier molecular flexibility index (Phi) is 8.99. The molecule has 0 heterocycles. The second-order valence-corrected chi connectivity index (χ2v) is 11.0. The lowest BCUT2D eigenvalue weighted by molar-refractivity contribution is -0.123. The summed E-state index contributed by atoms with van der Waals surface area (Å²) in [4.78, 5) is 13.2. The Hall–Kier alpha value is -3.18. The molecule has 4 N–H and O–H groups in total. The number of rotatable bonds is 12. The molecule has 1 saturated carbocycles. The Morgan fingerprint density at radius 2 is 1.59 bits per heavy atom. The number of sulfonamides is 1. The third-order valence-electron chi connectivity index (χ3n) is 6.49. The number of amides is 1. The second-order valence-electron chi connectivity index (χ2n) is 9.31. The van der Waals surface area contributed by atoms with Gasteiger partial charge in [0.05, 0.1) is 10.8 Å². The van der Waals surface area contributed by atoms with Gasteiger partial charge in [-0.1, -0.05) is 73.9 Å². The fourth-order valence-corrected chi connectivity index (χ4v) is 5.48. The first-order valence-electron chi connectivity index (χ1n) is 12.4. The Morgan fingerprint density at radius 3 is 2.22 bits per heavy atom. The molecule has 2 atom stereocenters. The van der Waals surface area contributed by atoms with Crippen molar-refractivity contribution in [2.45, 2.75) is 49.0 Å². The Morgan fingerprint density at radius 1 is 0.946 bits per heavy atom. The van der Waals surface area contributed by atoms with Crippen LogP contribution in [0.4, 0.5) is 0 Å². The number of carbonyl (C=O) groups is 1. The summed E-state index contributed by atoms with van der Waals surface area (Å²) in [5.74, 6) is -0.304. The molecule has 3 aromatic rings. The van der Waals surface area contributed by atoms with Gasteiger partial charge in [0.25, 0.3) is 0 Å². The maximum absolute atomic E-state index is 13.3. The minimum Gasteiger partial charge on any atom is -0.457 e. The molecular weight excluding hydrogens is 491 g/mol. The first-order valence-corrected chi connectivity index (χ1v) is 13.8. The van der Waals surface area contributed by atoms with E-state index in [-0.39, 0.29) is 11.3 Å². The summed E-state index contributed by atoms with van der Waals surface area (Å²) < 4.78 is 35.0. The summed E-state index contributed by atoms with van der Waals surface area (Å²) in [5, 5.41) is 22.4. The molecule has 0 spiro atoms. The molecule has 0 unspecified atom stereocenters. The zero-order valence-corrected chi connectivity index (χ0v) is 21.2. The Labute approximate surface area is 217 Å². The summed E-state index contributed by atoms with van der Waals surface area (Å²) in [6.45, 7) is 0. The van der Waals surface area contributed by atoms with Crippen LogP contribution in [-0.4, -0.2) is 43.5 Å². The van der Waals surface area contributed by atoms with Crippen LogP contribution >= 0.6 is 0 Å². The van der Waals surface area contributed by atoms with Crippen LogP contribution in [0, 0.1) is 5.92 Å². The van der Waals surface area contributed by atoms with Gasteiger partial charge in [0.15, 0.2) is 0 Å². The van der Waals surface area contributed by atoms with E-state index in [2.05, 4.69) is 10.0 Å². The predicted octanol–water partition coefficient (Wildman–Crippen LogP) is 3.06. The number of hydrogen-bond donors (Lipinski definition) is 4. The number of benzene rings is 3. The van der Waals surface area contributed by atoms with E-state index in [1.54, 1.807) is 48.5 Å². The molecule has 1 aliphatic carbocycles. The molecule has 0 radical (unpaired) electrons. The van der Waals surface area contributed by atoms with Crippen LogP contribution in [0.15, 0.2) is 89.8 Å². The van der Waals surface area contributed by atoms with E-state index in [1.807, 2.05) is 24.3 Å². The molecule has 1 amide bonds. The number of nitrogens with one attached hydrogen (secondary N) is 2. The van der Waals surface area contributed by atoms with Crippen molar-refractivity contribution in [3.8, 4) is 11.5 Å². The van der Waals surface area contributed by atoms with Crippen molar-refractivity contribution in [2.24, 2.45) is 5.92 Å². The first-order chi connectivity index (χ1) is 17.8. The van der Waals surface area contributed by atoms with Crippen molar-refractivity contribution < 1.29 is 28.0 Å². The molecular formula is C27H31BN2O6S. The average molecular weight is 522 g/mol. The number of carbonyl (C=O) groups excluding carboxylic acids is 1. The largest absolute Gasteiger partial charge is 0.475 e. The van der Waals surface area contributed by atoms with E-state index in [1.165, 1.54) is 12.1 Å². The molecule has 194 valence electrons. The van der Waals surface area contributed by atoms with Crippen LogP contribution in [0.3, 0.4) is 0 Å². The predicted molar refractivity (Wildman–Crippen MR) is 141 cm³/mol. The lowest BCUT2D eigenvalue weighted by Crippen LogP contribution is -2.55. The van der Waals surface area contributed by atoms with Crippen molar-refractivity contribution in [2.75, 3.05) is 0 Å². The van der Waals surface area contributed by atoms with Gasteiger partial charge < -0.3 is 20.1 Å².